The van der Waals surface area contributed by atoms with Gasteiger partial charge in [0.25, 0.3) is 5.91 Å². The van der Waals surface area contributed by atoms with Crippen molar-refractivity contribution in [3.63, 3.8) is 0 Å². The number of aliphatic hydroxyl groups is 1. The second-order valence-corrected chi connectivity index (χ2v) is 8.62. The van der Waals surface area contributed by atoms with Crippen LogP contribution < -0.4 is 10.2 Å². The molecule has 0 unspecified atom stereocenters. The average Bonchev–Trinajstić information content (AvgIpc) is 3.13. The van der Waals surface area contributed by atoms with E-state index in [1.165, 1.54) is 5.69 Å². The molecule has 1 fully saturated rings. The summed E-state index contributed by atoms with van der Waals surface area (Å²) < 4.78 is 5.46. The van der Waals surface area contributed by atoms with Crippen molar-refractivity contribution in [3.8, 4) is 11.1 Å². The monoisotopic (exact) mass is 440 g/mol. The van der Waals surface area contributed by atoms with E-state index in [-0.39, 0.29) is 11.7 Å². The van der Waals surface area contributed by atoms with Gasteiger partial charge in [-0.1, -0.05) is 30.4 Å². The fourth-order valence-corrected chi connectivity index (χ4v) is 4.62. The fourth-order valence-electron chi connectivity index (χ4n) is 4.62. The van der Waals surface area contributed by atoms with Crippen LogP contribution in [-0.4, -0.2) is 37.3 Å². The van der Waals surface area contributed by atoms with Crippen LogP contribution >= 0.6 is 0 Å². The highest BCUT2D eigenvalue weighted by atomic mass is 16.5. The second-order valence-electron chi connectivity index (χ2n) is 8.62. The molecular formula is C28H28N2O3. The van der Waals surface area contributed by atoms with E-state index in [9.17, 15) is 9.90 Å². The van der Waals surface area contributed by atoms with Crippen LogP contribution in [-0.2, 0) is 9.53 Å². The number of allylic oxidation sites excluding steroid dienone is 6. The normalized spacial score (nSPS) is 20.2. The van der Waals surface area contributed by atoms with Crippen LogP contribution in [0.1, 0.15) is 24.0 Å². The minimum absolute atomic E-state index is 0.0652. The van der Waals surface area contributed by atoms with E-state index in [2.05, 4.69) is 59.6 Å². The molecular weight excluding hydrogens is 412 g/mol. The molecule has 1 amide bonds. The van der Waals surface area contributed by atoms with E-state index in [0.29, 0.717) is 12.0 Å². The number of anilines is 2. The summed E-state index contributed by atoms with van der Waals surface area (Å²) in [4.78, 5) is 15.0. The van der Waals surface area contributed by atoms with Crippen molar-refractivity contribution in [1.82, 2.24) is 0 Å². The molecule has 2 aliphatic heterocycles. The van der Waals surface area contributed by atoms with E-state index >= 15 is 0 Å². The number of nitrogens with one attached hydrogen (secondary N) is 1. The number of rotatable bonds is 4. The van der Waals surface area contributed by atoms with Crippen molar-refractivity contribution in [2.75, 3.05) is 36.5 Å². The zero-order valence-electron chi connectivity index (χ0n) is 18.8. The Hall–Kier alpha value is -3.57. The summed E-state index contributed by atoms with van der Waals surface area (Å²) in [5.41, 5.74) is 8.18. The number of aryl methyl sites for hydroxylation is 1. The van der Waals surface area contributed by atoms with Gasteiger partial charge in [-0.3, -0.25) is 4.79 Å². The summed E-state index contributed by atoms with van der Waals surface area (Å²) in [6.07, 6.45) is 10.9. The largest absolute Gasteiger partial charge is 0.508 e. The van der Waals surface area contributed by atoms with Crippen molar-refractivity contribution in [2.24, 2.45) is 0 Å². The van der Waals surface area contributed by atoms with E-state index in [1.54, 1.807) is 12.2 Å². The first-order valence-electron chi connectivity index (χ1n) is 11.4. The lowest BCUT2D eigenvalue weighted by Crippen LogP contribution is -2.36. The molecule has 2 aromatic carbocycles. The highest BCUT2D eigenvalue weighted by Gasteiger charge is 2.25. The molecule has 0 saturated carbocycles. The summed E-state index contributed by atoms with van der Waals surface area (Å²) in [6.45, 7) is 5.46. The van der Waals surface area contributed by atoms with Crippen LogP contribution in [0.5, 0.6) is 0 Å². The Morgan fingerprint density at radius 1 is 1.09 bits per heavy atom. The summed E-state index contributed by atoms with van der Waals surface area (Å²) >= 11 is 0. The second kappa shape index (κ2) is 9.12. The Bertz CT molecular complexity index is 1200. The molecule has 0 radical (unpaired) electrons. The molecule has 1 saturated heterocycles. The molecule has 0 spiro atoms. The molecule has 5 rings (SSSR count). The van der Waals surface area contributed by atoms with Crippen molar-refractivity contribution >= 4 is 22.9 Å². The number of fused-ring (bicyclic) bond motifs is 1. The lowest BCUT2D eigenvalue weighted by Gasteiger charge is -2.29. The quantitative estimate of drug-likeness (QED) is 0.612. The standard InChI is InChI=1S/C28H28N2O3/c1-19-16-27-26(24(28(32)29-27)7-3-5-20-4-2-6-23(31)17-20)18-25(19)21-8-10-22(11-9-21)30-12-14-33-15-13-30/h2,5-11,16-18,31H,3-4,12-15H2,1H3,(H,29,32). The third-order valence-corrected chi connectivity index (χ3v) is 6.38. The lowest BCUT2D eigenvalue weighted by atomic mass is 9.94. The number of morpholine rings is 1. The van der Waals surface area contributed by atoms with Crippen molar-refractivity contribution < 1.29 is 14.6 Å². The average molecular weight is 441 g/mol. The first-order valence-corrected chi connectivity index (χ1v) is 11.4. The third-order valence-electron chi connectivity index (χ3n) is 6.38. The van der Waals surface area contributed by atoms with Gasteiger partial charge in [0.2, 0.25) is 0 Å². The third kappa shape index (κ3) is 4.50. The number of benzene rings is 2. The van der Waals surface area contributed by atoms with Crippen LogP contribution in [0.3, 0.4) is 0 Å². The van der Waals surface area contributed by atoms with Crippen LogP contribution in [0.15, 0.2) is 78.1 Å². The number of carbonyl (C=O) groups is 1. The van der Waals surface area contributed by atoms with Crippen LogP contribution in [0.2, 0.25) is 0 Å². The molecule has 1 aliphatic carbocycles. The fraction of sp³-hybridized carbons (Fsp3) is 0.250. The van der Waals surface area contributed by atoms with Gasteiger partial charge in [-0.05, 0) is 78.4 Å². The number of hydrogen-bond donors (Lipinski definition) is 2. The van der Waals surface area contributed by atoms with E-state index in [0.717, 1.165) is 66.2 Å². The summed E-state index contributed by atoms with van der Waals surface area (Å²) in [6, 6.07) is 12.8. The maximum atomic E-state index is 12.7. The Balaban J connectivity index is 1.40. The lowest BCUT2D eigenvalue weighted by molar-refractivity contribution is -0.110. The first-order chi connectivity index (χ1) is 16.1. The molecule has 168 valence electrons. The smallest absolute Gasteiger partial charge is 0.256 e. The van der Waals surface area contributed by atoms with E-state index < -0.39 is 0 Å². The van der Waals surface area contributed by atoms with Crippen molar-refractivity contribution in [1.29, 1.82) is 0 Å². The highest BCUT2D eigenvalue weighted by Crippen LogP contribution is 2.38. The van der Waals surface area contributed by atoms with Crippen LogP contribution in [0.4, 0.5) is 11.4 Å². The molecule has 2 heterocycles. The predicted molar refractivity (Wildman–Crippen MR) is 133 cm³/mol. The number of nitrogens with zero attached hydrogens (tertiary/aromatic N) is 1. The van der Waals surface area contributed by atoms with Gasteiger partial charge < -0.3 is 20.1 Å². The molecule has 5 heteroatoms. The van der Waals surface area contributed by atoms with Gasteiger partial charge in [0.05, 0.1) is 13.2 Å². The zero-order chi connectivity index (χ0) is 22.8. The zero-order valence-corrected chi connectivity index (χ0v) is 18.8. The van der Waals surface area contributed by atoms with Gasteiger partial charge >= 0.3 is 0 Å². The summed E-state index contributed by atoms with van der Waals surface area (Å²) in [5.74, 6) is 0.202. The van der Waals surface area contributed by atoms with Crippen LogP contribution in [0, 0.1) is 6.92 Å². The minimum atomic E-state index is -0.0652. The maximum Gasteiger partial charge on any atom is 0.256 e. The maximum absolute atomic E-state index is 12.7. The minimum Gasteiger partial charge on any atom is -0.508 e. The molecule has 3 aliphatic rings. The number of carbonyl (C=O) groups excluding carboxylic acids is 1. The number of hydrogen-bond acceptors (Lipinski definition) is 4. The molecule has 2 N–H and O–H groups in total. The Kier molecular flexibility index (Phi) is 5.88. The van der Waals surface area contributed by atoms with E-state index in [1.807, 2.05) is 12.2 Å². The van der Waals surface area contributed by atoms with Gasteiger partial charge in [0, 0.05) is 35.6 Å². The highest BCUT2D eigenvalue weighted by molar-refractivity contribution is 6.31. The number of aliphatic hydroxyl groups excluding tert-OH is 1. The summed E-state index contributed by atoms with van der Waals surface area (Å²) in [7, 11) is 0. The van der Waals surface area contributed by atoms with Crippen molar-refractivity contribution in [3.05, 3.63) is 89.2 Å². The summed E-state index contributed by atoms with van der Waals surface area (Å²) in [5, 5.41) is 12.7. The first kappa shape index (κ1) is 21.3. The SMILES string of the molecule is Cc1cc2c(cc1-c1ccc(N3CCOCC3)cc1)C(=CCC=C1C=C(O)C=CC1)C(=O)N2. The van der Waals surface area contributed by atoms with E-state index in [4.69, 9.17) is 4.74 Å². The van der Waals surface area contributed by atoms with Gasteiger partial charge in [0.15, 0.2) is 0 Å². The van der Waals surface area contributed by atoms with Gasteiger partial charge in [-0.25, -0.2) is 0 Å². The number of ether oxygens (including phenoxy) is 1. The van der Waals surface area contributed by atoms with Crippen molar-refractivity contribution in [2.45, 2.75) is 19.8 Å². The molecule has 0 atom stereocenters. The predicted octanol–water partition coefficient (Wildman–Crippen LogP) is 5.55. The Morgan fingerprint density at radius 3 is 2.64 bits per heavy atom. The molecule has 5 nitrogen and oxygen atoms in total. The van der Waals surface area contributed by atoms with Crippen LogP contribution in [0.25, 0.3) is 16.7 Å². The van der Waals surface area contributed by atoms with Gasteiger partial charge in [-0.15, -0.1) is 0 Å². The molecule has 33 heavy (non-hydrogen) atoms. The Morgan fingerprint density at radius 2 is 1.88 bits per heavy atom. The van der Waals surface area contributed by atoms with Gasteiger partial charge in [0.1, 0.15) is 5.76 Å². The molecule has 2 aromatic rings. The molecule has 0 bridgehead atoms. The van der Waals surface area contributed by atoms with Gasteiger partial charge in [-0.2, -0.15) is 0 Å². The Labute approximate surface area is 194 Å². The molecule has 0 aromatic heterocycles. The topological polar surface area (TPSA) is 61.8 Å². The number of amides is 1.